The van der Waals surface area contributed by atoms with E-state index >= 15 is 0 Å². The van der Waals surface area contributed by atoms with E-state index in [0.717, 1.165) is 12.1 Å². The number of hydrogen-bond donors (Lipinski definition) is 0. The molecule has 0 radical (unpaired) electrons. The maximum absolute atomic E-state index is 13.9. The fourth-order valence-corrected chi connectivity index (χ4v) is 3.10. The number of aromatic nitrogens is 2. The summed E-state index contributed by atoms with van der Waals surface area (Å²) in [4.78, 5) is 20.2. The summed E-state index contributed by atoms with van der Waals surface area (Å²) in [5.74, 6) is -3.10. The molecule has 0 N–H and O–H groups in total. The Balaban J connectivity index is 1.91. The van der Waals surface area contributed by atoms with Crippen LogP contribution in [-0.2, 0) is 4.74 Å². The predicted molar refractivity (Wildman–Crippen MR) is 106 cm³/mol. The van der Waals surface area contributed by atoms with Gasteiger partial charge in [-0.15, -0.1) is 4.39 Å². The second kappa shape index (κ2) is 8.58. The smallest absolute Gasteiger partial charge is 0.390 e. The van der Waals surface area contributed by atoms with Crippen LogP contribution in [0.15, 0.2) is 71.9 Å². The molecule has 0 bridgehead atoms. The zero-order valence-electron chi connectivity index (χ0n) is 16.0. The number of alkyl halides is 2. The van der Waals surface area contributed by atoms with E-state index in [1.54, 1.807) is 30.3 Å². The number of imidazole rings is 1. The zero-order chi connectivity index (χ0) is 22.8. The van der Waals surface area contributed by atoms with Crippen LogP contribution in [0.3, 0.4) is 0 Å². The fourth-order valence-electron chi connectivity index (χ4n) is 3.10. The molecule has 0 aliphatic rings. The summed E-state index contributed by atoms with van der Waals surface area (Å²) < 4.78 is 70.6. The van der Waals surface area contributed by atoms with E-state index < -0.39 is 30.2 Å². The maximum Gasteiger partial charge on any atom is 0.390 e. The van der Waals surface area contributed by atoms with Crippen LogP contribution < -0.4 is 0 Å². The Hall–Kier alpha value is -4.08. The number of carbonyl (C=O) groups is 1. The van der Waals surface area contributed by atoms with Crippen LogP contribution >= 0.6 is 0 Å². The number of halogens is 5. The number of nitrogens with zero attached hydrogens (tertiary/aromatic N) is 3. The first-order chi connectivity index (χ1) is 15.3. The van der Waals surface area contributed by atoms with Crippen LogP contribution in [0.25, 0.3) is 16.9 Å². The molecule has 4 aromatic rings. The highest BCUT2D eigenvalue weighted by atomic mass is 19.3. The van der Waals surface area contributed by atoms with Gasteiger partial charge in [-0.05, 0) is 30.3 Å². The standard InChI is InChI=1S/C22H12F5N3O2/c23-15-8-6-13(10-16(15)24)18-20(29-22(27)32-21(25)26)28-17-9-7-14(11-30(17)18)19(31)12-4-2-1-3-5-12/h1-11,21H/b29-22-. The zero-order valence-corrected chi connectivity index (χ0v) is 16.0. The average Bonchev–Trinajstić information content (AvgIpc) is 3.12. The quantitative estimate of drug-likeness (QED) is 0.171. The van der Waals surface area contributed by atoms with Crippen molar-refractivity contribution >= 4 is 23.4 Å². The molecule has 2 aromatic heterocycles. The van der Waals surface area contributed by atoms with Crippen LogP contribution in [0.1, 0.15) is 15.9 Å². The van der Waals surface area contributed by atoms with Gasteiger partial charge in [0.05, 0.1) is 5.69 Å². The SMILES string of the molecule is O=C(c1ccccc1)c1ccc2nc(/N=C(/F)OC(F)F)c(-c3ccc(F)c(F)c3)n2c1. The molecule has 0 aliphatic carbocycles. The van der Waals surface area contributed by atoms with Crippen LogP contribution in [0.2, 0.25) is 0 Å². The Bertz CT molecular complexity index is 1340. The number of aliphatic imine (C=N–C) groups is 1. The van der Waals surface area contributed by atoms with Crippen molar-refractivity contribution in [2.45, 2.75) is 6.61 Å². The van der Waals surface area contributed by atoms with Gasteiger partial charge in [0.25, 0.3) is 0 Å². The molecule has 0 unspecified atom stereocenters. The second-order valence-corrected chi connectivity index (χ2v) is 6.50. The first kappa shape index (κ1) is 21.2. The predicted octanol–water partition coefficient (Wildman–Crippen LogP) is 5.71. The van der Waals surface area contributed by atoms with Gasteiger partial charge in [-0.1, -0.05) is 30.3 Å². The molecule has 2 aromatic carbocycles. The Kier molecular flexibility index (Phi) is 5.67. The van der Waals surface area contributed by atoms with Crippen LogP contribution in [0, 0.1) is 11.6 Å². The Morgan fingerprint density at radius 2 is 1.72 bits per heavy atom. The van der Waals surface area contributed by atoms with Gasteiger partial charge in [-0.25, -0.2) is 13.8 Å². The summed E-state index contributed by atoms with van der Waals surface area (Å²) in [5, 5.41) is 0. The number of fused-ring (bicyclic) bond motifs is 1. The van der Waals surface area contributed by atoms with Gasteiger partial charge in [0.2, 0.25) is 0 Å². The molecule has 4 rings (SSSR count). The summed E-state index contributed by atoms with van der Waals surface area (Å²) >= 11 is 0. The summed E-state index contributed by atoms with van der Waals surface area (Å²) in [6.45, 7) is -3.46. The van der Waals surface area contributed by atoms with E-state index in [-0.39, 0.29) is 28.3 Å². The minimum Gasteiger partial charge on any atom is -0.393 e. The molecule has 0 amide bonds. The molecular formula is C22H12F5N3O2. The number of ether oxygens (including phenoxy) is 1. The van der Waals surface area contributed by atoms with Gasteiger partial charge < -0.3 is 4.74 Å². The minimum absolute atomic E-state index is 0.0179. The topological polar surface area (TPSA) is 56.0 Å². The molecule has 32 heavy (non-hydrogen) atoms. The maximum atomic E-state index is 13.9. The number of pyridine rings is 1. The van der Waals surface area contributed by atoms with E-state index in [0.29, 0.717) is 5.56 Å². The van der Waals surface area contributed by atoms with Crippen molar-refractivity contribution < 1.29 is 31.5 Å². The van der Waals surface area contributed by atoms with Gasteiger partial charge in [-0.3, -0.25) is 9.20 Å². The number of rotatable bonds is 5. The Morgan fingerprint density at radius 1 is 0.969 bits per heavy atom. The van der Waals surface area contributed by atoms with Crippen molar-refractivity contribution in [1.82, 2.24) is 9.38 Å². The van der Waals surface area contributed by atoms with Crippen molar-refractivity contribution in [1.29, 1.82) is 0 Å². The van der Waals surface area contributed by atoms with Gasteiger partial charge >= 0.3 is 12.8 Å². The molecule has 162 valence electrons. The first-order valence-electron chi connectivity index (χ1n) is 9.10. The molecule has 0 fully saturated rings. The van der Waals surface area contributed by atoms with Crippen molar-refractivity contribution in [3.63, 3.8) is 0 Å². The van der Waals surface area contributed by atoms with Gasteiger partial charge in [0.1, 0.15) is 5.65 Å². The highest BCUT2D eigenvalue weighted by Crippen LogP contribution is 2.33. The lowest BCUT2D eigenvalue weighted by Gasteiger charge is -2.07. The van der Waals surface area contributed by atoms with Crippen LogP contribution in [0.4, 0.5) is 27.8 Å². The van der Waals surface area contributed by atoms with E-state index in [1.807, 2.05) is 0 Å². The van der Waals surface area contributed by atoms with Gasteiger partial charge in [0, 0.05) is 22.9 Å². The molecule has 0 saturated heterocycles. The molecule has 0 atom stereocenters. The Morgan fingerprint density at radius 3 is 2.41 bits per heavy atom. The third-order valence-corrected chi connectivity index (χ3v) is 4.47. The highest BCUT2D eigenvalue weighted by molar-refractivity contribution is 6.09. The normalized spacial score (nSPS) is 11.9. The Labute approximate surface area is 177 Å². The van der Waals surface area contributed by atoms with Crippen molar-refractivity contribution in [3.8, 4) is 11.3 Å². The van der Waals surface area contributed by atoms with Crippen LogP contribution in [-0.4, -0.2) is 27.9 Å². The largest absolute Gasteiger partial charge is 0.393 e. The summed E-state index contributed by atoms with van der Waals surface area (Å²) in [6, 6.07) is 14.1. The monoisotopic (exact) mass is 445 g/mol. The molecule has 0 spiro atoms. The lowest BCUT2D eigenvalue weighted by atomic mass is 10.1. The third kappa shape index (κ3) is 4.20. The highest BCUT2D eigenvalue weighted by Gasteiger charge is 2.20. The van der Waals surface area contributed by atoms with Crippen molar-refractivity contribution in [3.05, 3.63) is 89.6 Å². The molecular weight excluding hydrogens is 433 g/mol. The number of ketones is 1. The number of carbonyl (C=O) groups excluding carboxylic acids is 1. The lowest BCUT2D eigenvalue weighted by Crippen LogP contribution is -2.04. The second-order valence-electron chi connectivity index (χ2n) is 6.50. The number of hydrogen-bond acceptors (Lipinski definition) is 4. The average molecular weight is 445 g/mol. The third-order valence-electron chi connectivity index (χ3n) is 4.47. The molecule has 2 heterocycles. The van der Waals surface area contributed by atoms with E-state index in [9.17, 15) is 26.7 Å². The van der Waals surface area contributed by atoms with Gasteiger partial charge in [-0.2, -0.15) is 13.8 Å². The van der Waals surface area contributed by atoms with Crippen LogP contribution in [0.5, 0.6) is 0 Å². The van der Waals surface area contributed by atoms with Gasteiger partial charge in [0.15, 0.2) is 23.2 Å². The molecule has 0 aliphatic heterocycles. The minimum atomic E-state index is -3.46. The lowest BCUT2D eigenvalue weighted by molar-refractivity contribution is -0.0688. The molecule has 5 nitrogen and oxygen atoms in total. The summed E-state index contributed by atoms with van der Waals surface area (Å²) in [5.41, 5.74) is 0.720. The van der Waals surface area contributed by atoms with E-state index in [1.165, 1.54) is 28.8 Å². The van der Waals surface area contributed by atoms with Crippen molar-refractivity contribution in [2.75, 3.05) is 0 Å². The fraction of sp³-hybridized carbons (Fsp3) is 0.0455. The van der Waals surface area contributed by atoms with E-state index in [2.05, 4.69) is 14.7 Å². The summed E-state index contributed by atoms with van der Waals surface area (Å²) in [6.07, 6.45) is -0.507. The van der Waals surface area contributed by atoms with Crippen molar-refractivity contribution in [2.24, 2.45) is 4.99 Å². The molecule has 10 heteroatoms. The number of benzene rings is 2. The summed E-state index contributed by atoms with van der Waals surface area (Å²) in [7, 11) is 0. The van der Waals surface area contributed by atoms with E-state index in [4.69, 9.17) is 0 Å². The first-order valence-corrected chi connectivity index (χ1v) is 9.10. The molecule has 0 saturated carbocycles.